The van der Waals surface area contributed by atoms with Crippen LogP contribution in [0.1, 0.15) is 63.9 Å². The second-order valence-corrected chi connectivity index (χ2v) is 27.5. The predicted molar refractivity (Wildman–Crippen MR) is 233 cm³/mol. The van der Waals surface area contributed by atoms with E-state index in [1.54, 1.807) is 38.1 Å². The van der Waals surface area contributed by atoms with Crippen LogP contribution in [0.3, 0.4) is 0 Å². The fourth-order valence-corrected chi connectivity index (χ4v) is 12.7. The van der Waals surface area contributed by atoms with Gasteiger partial charge in [0.05, 0.1) is 25.9 Å². The number of hydrogen-bond acceptors (Lipinski definition) is 9. The molecule has 1 N–H and O–H groups in total. The van der Waals surface area contributed by atoms with Gasteiger partial charge in [0.1, 0.15) is 35.2 Å². The number of carbonyl (C=O) groups excluding carboxylic acids is 1. The normalized spacial score (nSPS) is 18.6. The van der Waals surface area contributed by atoms with E-state index in [0.717, 1.165) is 16.4 Å². The van der Waals surface area contributed by atoms with Crippen molar-refractivity contribution in [3.63, 3.8) is 0 Å². The van der Waals surface area contributed by atoms with Gasteiger partial charge >= 0.3 is 12.1 Å². The highest BCUT2D eigenvalue weighted by Crippen LogP contribution is 2.41. The van der Waals surface area contributed by atoms with Gasteiger partial charge in [0, 0.05) is 21.3 Å². The van der Waals surface area contributed by atoms with Crippen molar-refractivity contribution in [1.29, 1.82) is 0 Å². The fourth-order valence-electron chi connectivity index (χ4n) is 7.24. The molecule has 1 aliphatic rings. The molecule has 328 valence electrons. The maximum absolute atomic E-state index is 15.0. The van der Waals surface area contributed by atoms with Crippen molar-refractivity contribution in [1.82, 2.24) is 0 Å². The molecule has 0 radical (unpaired) electrons. The summed E-state index contributed by atoms with van der Waals surface area (Å²) in [6.45, 7) is 17.3. The third kappa shape index (κ3) is 12.6. The van der Waals surface area contributed by atoms with Crippen LogP contribution in [0.5, 0.6) is 11.5 Å². The molecule has 1 saturated heterocycles. The predicted octanol–water partition coefficient (Wildman–Crippen LogP) is 8.60. The van der Waals surface area contributed by atoms with E-state index in [1.807, 2.05) is 81.4 Å². The first-order valence-corrected chi connectivity index (χ1v) is 25.7. The molecule has 3 aromatic carbocycles. The first-order chi connectivity index (χ1) is 28.0. The molecule has 0 amide bonds. The molecule has 3 unspecified atom stereocenters. The van der Waals surface area contributed by atoms with E-state index in [4.69, 9.17) is 32.8 Å². The van der Waals surface area contributed by atoms with Gasteiger partial charge in [0.25, 0.3) is 8.32 Å². The van der Waals surface area contributed by atoms with Crippen molar-refractivity contribution in [3.05, 3.63) is 90.0 Å². The zero-order chi connectivity index (χ0) is 44.5. The van der Waals surface area contributed by atoms with Gasteiger partial charge in [-0.3, -0.25) is 0 Å². The minimum Gasteiger partial charge on any atom is -0.497 e. The maximum Gasteiger partial charge on any atom is 0.404 e. The Morgan fingerprint density at radius 2 is 1.55 bits per heavy atom. The van der Waals surface area contributed by atoms with Gasteiger partial charge in [-0.25, -0.2) is 4.79 Å². The standard InChI is InChI=1S/C46H61F3O9Si2/c1-32(58-60(44(2,3)4,35-20-14-12-15-21-35)36-22-16-13-17-23-36)37(46(47,48)49)25-26-38(50)42-39(56-45(5,6)57-42)24-18-19-33-29-34(53-8)30-40(55-31-52-7)41(33)43(51)54-27-28-59(9,10)11/h12-23,29-30,32,37-39,42,50H,24,27-28,31H2,1-11H3/b19-18+/t32?,37?,38?,39-,42+/m0/s1. The van der Waals surface area contributed by atoms with Crippen LogP contribution in [-0.4, -0.2) is 91.5 Å². The number of esters is 1. The number of aliphatic hydroxyl groups excluding tert-OH is 1. The van der Waals surface area contributed by atoms with E-state index in [1.165, 1.54) is 21.1 Å². The number of ether oxygens (including phenoxy) is 6. The second kappa shape index (κ2) is 20.3. The van der Waals surface area contributed by atoms with E-state index in [2.05, 4.69) is 31.5 Å². The van der Waals surface area contributed by atoms with Gasteiger partial charge < -0.3 is 38.0 Å². The molecule has 1 heterocycles. The summed E-state index contributed by atoms with van der Waals surface area (Å²) >= 11 is 0. The lowest BCUT2D eigenvalue weighted by Crippen LogP contribution is -2.68. The van der Waals surface area contributed by atoms with Crippen LogP contribution >= 0.6 is 0 Å². The van der Waals surface area contributed by atoms with Gasteiger partial charge in [-0.1, -0.05) is 125 Å². The van der Waals surface area contributed by atoms with Crippen molar-refractivity contribution in [2.75, 3.05) is 27.6 Å². The first-order valence-electron chi connectivity index (χ1n) is 20.1. The van der Waals surface area contributed by atoms with Crippen LogP contribution in [0.2, 0.25) is 30.7 Å². The molecule has 0 spiro atoms. The van der Waals surface area contributed by atoms with Crippen LogP contribution in [-0.2, 0) is 23.4 Å². The van der Waals surface area contributed by atoms with Crippen LogP contribution < -0.4 is 19.8 Å². The Labute approximate surface area is 355 Å². The largest absolute Gasteiger partial charge is 0.497 e. The lowest BCUT2D eigenvalue weighted by atomic mass is 10.0. The van der Waals surface area contributed by atoms with E-state index in [9.17, 15) is 23.1 Å². The van der Waals surface area contributed by atoms with Crippen LogP contribution in [0, 0.1) is 17.8 Å². The molecular weight excluding hydrogens is 810 g/mol. The number of hydrogen-bond donors (Lipinski definition) is 1. The molecule has 1 fully saturated rings. The van der Waals surface area contributed by atoms with Gasteiger partial charge in [0.15, 0.2) is 12.6 Å². The molecule has 0 aliphatic carbocycles. The topological polar surface area (TPSA) is 102 Å². The number of alkyl halides is 3. The summed E-state index contributed by atoms with van der Waals surface area (Å²) in [5.41, 5.74) is 0.593. The highest BCUT2D eigenvalue weighted by Gasteiger charge is 2.54. The van der Waals surface area contributed by atoms with E-state index in [0.29, 0.717) is 11.3 Å². The zero-order valence-corrected chi connectivity index (χ0v) is 38.6. The van der Waals surface area contributed by atoms with Crippen molar-refractivity contribution in [2.45, 2.75) is 115 Å². The Hall–Kier alpha value is -3.95. The Kier molecular flexibility index (Phi) is 16.5. The van der Waals surface area contributed by atoms with Gasteiger partial charge in [-0.2, -0.15) is 13.2 Å². The van der Waals surface area contributed by atoms with E-state index >= 15 is 0 Å². The summed E-state index contributed by atoms with van der Waals surface area (Å²) in [5.74, 6) is 1.44. The zero-order valence-electron chi connectivity index (χ0n) is 36.6. The highest BCUT2D eigenvalue weighted by atomic mass is 28.4. The van der Waals surface area contributed by atoms with Crippen molar-refractivity contribution < 1.29 is 55.9 Å². The van der Waals surface area contributed by atoms with Gasteiger partial charge in [0.2, 0.25) is 0 Å². The lowest BCUT2D eigenvalue weighted by Gasteiger charge is -2.45. The molecule has 14 heteroatoms. The molecule has 5 atom stereocenters. The minimum atomic E-state index is -4.79. The molecule has 3 aromatic rings. The average Bonchev–Trinajstić information content (AvgIpc) is 3.48. The molecule has 0 saturated carbocycles. The monoisotopic (exact) mass is 870 g/mol. The maximum atomic E-state index is 15.0. The molecule has 60 heavy (non-hydrogen) atoms. The number of benzene rings is 3. The Morgan fingerprint density at radius 3 is 2.07 bits per heavy atom. The quantitative estimate of drug-likeness (QED) is 0.0619. The summed E-state index contributed by atoms with van der Waals surface area (Å²) in [6.07, 6.45) is -6.27. The Balaban J connectivity index is 1.64. The molecule has 0 aromatic heterocycles. The lowest BCUT2D eigenvalue weighted by molar-refractivity contribution is -0.177. The number of methoxy groups -OCH3 is 2. The van der Waals surface area contributed by atoms with Crippen LogP contribution in [0.4, 0.5) is 13.2 Å². The Morgan fingerprint density at radius 1 is 0.950 bits per heavy atom. The van der Waals surface area contributed by atoms with Gasteiger partial charge in [-0.15, -0.1) is 0 Å². The van der Waals surface area contributed by atoms with E-state index < -0.39 is 69.7 Å². The number of rotatable bonds is 17. The van der Waals surface area contributed by atoms with Crippen molar-refractivity contribution in [3.8, 4) is 23.3 Å². The van der Waals surface area contributed by atoms with Crippen LogP contribution in [0.15, 0.2) is 78.9 Å². The molecular formula is C46H61F3O9Si2. The summed E-state index contributed by atoms with van der Waals surface area (Å²) < 4.78 is 86.0. The number of aliphatic hydroxyl groups is 1. The second-order valence-electron chi connectivity index (χ2n) is 17.6. The minimum absolute atomic E-state index is 0.131. The highest BCUT2D eigenvalue weighted by molar-refractivity contribution is 6.99. The molecule has 1 aliphatic heterocycles. The fraction of sp³-hybridized carbons (Fsp3) is 0.500. The summed E-state index contributed by atoms with van der Waals surface area (Å²) in [6, 6.07) is 22.8. The average molecular weight is 871 g/mol. The van der Waals surface area contributed by atoms with Gasteiger partial charge in [-0.05, 0) is 60.3 Å². The SMILES string of the molecule is COCOc1cc(OC)cc(/C=C/C[C@@H]2OC(C)(C)O[C@@H]2C(O)C#CC(C(C)O[Si](c2ccccc2)(c2ccccc2)C(C)(C)C)C(F)(F)F)c1C(=O)OCC[Si](C)(C)C. The third-order valence-electron chi connectivity index (χ3n) is 10.2. The number of carbonyl (C=O) groups is 1. The smallest absolute Gasteiger partial charge is 0.404 e. The molecule has 4 rings (SSSR count). The third-order valence-corrected chi connectivity index (χ3v) is 17.0. The summed E-state index contributed by atoms with van der Waals surface area (Å²) in [7, 11) is -1.94. The van der Waals surface area contributed by atoms with Crippen molar-refractivity contribution in [2.24, 2.45) is 5.92 Å². The first kappa shape index (κ1) is 48.7. The molecule has 0 bridgehead atoms. The number of halogens is 3. The van der Waals surface area contributed by atoms with Crippen molar-refractivity contribution >= 4 is 38.8 Å². The summed E-state index contributed by atoms with van der Waals surface area (Å²) in [5, 5.41) is 12.5. The summed E-state index contributed by atoms with van der Waals surface area (Å²) in [4.78, 5) is 13.5. The Bertz CT molecular complexity index is 1910. The molecule has 9 nitrogen and oxygen atoms in total. The van der Waals surface area contributed by atoms with Crippen LogP contribution in [0.25, 0.3) is 6.08 Å². The van der Waals surface area contributed by atoms with E-state index in [-0.39, 0.29) is 31.1 Å².